The first-order chi connectivity index (χ1) is 6.97. The van der Waals surface area contributed by atoms with Crippen LogP contribution in [0.2, 0.25) is 0 Å². The van der Waals surface area contributed by atoms with Crippen LogP contribution in [0.25, 0.3) is 0 Å². The smallest absolute Gasteiger partial charge is 0.273 e. The Kier molecular flexibility index (Phi) is 6.00. The van der Waals surface area contributed by atoms with E-state index in [1.165, 1.54) is 26.2 Å². The third-order valence-corrected chi connectivity index (χ3v) is 1.26. The number of hydrogen-bond donors (Lipinski definition) is 2. The maximum Gasteiger partial charge on any atom is 0.273 e. The Balaban J connectivity index is 0.000000423. The van der Waals surface area contributed by atoms with E-state index in [1.807, 2.05) is 0 Å². The van der Waals surface area contributed by atoms with Crippen LogP contribution >= 0.6 is 0 Å². The van der Waals surface area contributed by atoms with E-state index in [0.29, 0.717) is 5.75 Å². The van der Waals surface area contributed by atoms with Crippen LogP contribution in [-0.2, 0) is 0 Å². The van der Waals surface area contributed by atoms with E-state index >= 15 is 0 Å². The van der Waals surface area contributed by atoms with Gasteiger partial charge in [0.15, 0.2) is 0 Å². The van der Waals surface area contributed by atoms with Crippen molar-refractivity contribution in [3.63, 3.8) is 0 Å². The number of nitrogens with two attached hydrogens (primary N) is 1. The first kappa shape index (κ1) is 13.3. The van der Waals surface area contributed by atoms with Crippen molar-refractivity contribution in [2.45, 2.75) is 13.2 Å². The number of nitro groups is 1. The fourth-order valence-corrected chi connectivity index (χ4v) is 0.724. The Bertz CT molecular complexity index is 312. The normalized spacial score (nSPS) is 10.9. The molecule has 0 heterocycles. The lowest BCUT2D eigenvalue weighted by Gasteiger charge is -1.96. The molecule has 6 heteroatoms. The lowest BCUT2D eigenvalue weighted by Crippen LogP contribution is -2.11. The highest BCUT2D eigenvalue weighted by molar-refractivity contribution is 5.37. The van der Waals surface area contributed by atoms with Crippen molar-refractivity contribution in [2.24, 2.45) is 5.73 Å². The molecule has 15 heavy (non-hydrogen) atoms. The molecule has 0 aliphatic heterocycles. The summed E-state index contributed by atoms with van der Waals surface area (Å²) in [5.74, 6) is 0.499. The zero-order valence-electron chi connectivity index (χ0n) is 8.58. The van der Waals surface area contributed by atoms with E-state index in [2.05, 4.69) is 5.73 Å². The summed E-state index contributed by atoms with van der Waals surface area (Å²) in [6.07, 6.45) is -0.667. The maximum atomic E-state index is 10.2. The molecule has 6 nitrogen and oxygen atoms in total. The molecular formula is C9H14N2O4. The number of methoxy groups -OCH3 is 1. The van der Waals surface area contributed by atoms with Gasteiger partial charge in [-0.05, 0) is 13.0 Å². The number of non-ortho nitro benzene ring substituents is 1. The first-order valence-electron chi connectivity index (χ1n) is 4.19. The van der Waals surface area contributed by atoms with Crippen LogP contribution in [0.3, 0.4) is 0 Å². The molecule has 0 aromatic heterocycles. The zero-order valence-corrected chi connectivity index (χ0v) is 8.58. The summed E-state index contributed by atoms with van der Waals surface area (Å²) in [7, 11) is 1.47. The van der Waals surface area contributed by atoms with Crippen molar-refractivity contribution in [3.05, 3.63) is 34.4 Å². The van der Waals surface area contributed by atoms with Crippen LogP contribution < -0.4 is 10.5 Å². The highest BCUT2D eigenvalue weighted by Crippen LogP contribution is 2.17. The van der Waals surface area contributed by atoms with E-state index in [9.17, 15) is 10.1 Å². The van der Waals surface area contributed by atoms with Gasteiger partial charge in [0.25, 0.3) is 5.69 Å². The van der Waals surface area contributed by atoms with E-state index in [-0.39, 0.29) is 5.69 Å². The largest absolute Gasteiger partial charge is 0.497 e. The van der Waals surface area contributed by atoms with Gasteiger partial charge in [-0.2, -0.15) is 0 Å². The van der Waals surface area contributed by atoms with Crippen LogP contribution in [0.1, 0.15) is 6.92 Å². The fourth-order valence-electron chi connectivity index (χ4n) is 0.724. The molecule has 0 bridgehead atoms. The summed E-state index contributed by atoms with van der Waals surface area (Å²) < 4.78 is 4.80. The van der Waals surface area contributed by atoms with Crippen molar-refractivity contribution in [1.82, 2.24) is 0 Å². The molecule has 3 N–H and O–H groups in total. The molecule has 84 valence electrons. The van der Waals surface area contributed by atoms with E-state index in [4.69, 9.17) is 9.84 Å². The third kappa shape index (κ3) is 6.42. The molecule has 0 fully saturated rings. The molecule has 1 aromatic rings. The predicted molar refractivity (Wildman–Crippen MR) is 55.5 cm³/mol. The van der Waals surface area contributed by atoms with Crippen molar-refractivity contribution in [3.8, 4) is 5.75 Å². The van der Waals surface area contributed by atoms with Gasteiger partial charge >= 0.3 is 0 Å². The van der Waals surface area contributed by atoms with Gasteiger partial charge in [-0.1, -0.05) is 6.07 Å². The Morgan fingerprint density at radius 3 is 2.53 bits per heavy atom. The zero-order chi connectivity index (χ0) is 11.8. The fraction of sp³-hybridized carbons (Fsp3) is 0.333. The quantitative estimate of drug-likeness (QED) is 0.432. The number of aliphatic hydroxyl groups excluding tert-OH is 1. The van der Waals surface area contributed by atoms with Gasteiger partial charge in [0.1, 0.15) is 5.75 Å². The predicted octanol–water partition coefficient (Wildman–Crippen LogP) is 0.887. The molecule has 1 rings (SSSR count). The monoisotopic (exact) mass is 214 g/mol. The molecule has 0 aliphatic carbocycles. The Labute approximate surface area is 87.4 Å². The molecular weight excluding hydrogens is 200 g/mol. The van der Waals surface area contributed by atoms with Gasteiger partial charge < -0.3 is 15.6 Å². The number of ether oxygens (including phenoxy) is 1. The average Bonchev–Trinajstić information content (AvgIpc) is 2.17. The van der Waals surface area contributed by atoms with Crippen molar-refractivity contribution < 1.29 is 14.8 Å². The molecule has 1 unspecified atom stereocenters. The van der Waals surface area contributed by atoms with Gasteiger partial charge in [-0.15, -0.1) is 0 Å². The topological polar surface area (TPSA) is 98.6 Å². The van der Waals surface area contributed by atoms with E-state index < -0.39 is 11.2 Å². The molecule has 1 aromatic carbocycles. The Morgan fingerprint density at radius 2 is 2.13 bits per heavy atom. The standard InChI is InChI=1S/C7H7NO3.C2H7NO/c1-11-7-4-2-3-6(5-7)8(9)10;1-2(3)4/h2-5H,1H3;2,4H,3H2,1H3. The first-order valence-corrected chi connectivity index (χ1v) is 4.19. The van der Waals surface area contributed by atoms with Gasteiger partial charge in [0.2, 0.25) is 0 Å². The van der Waals surface area contributed by atoms with Crippen LogP contribution in [0.15, 0.2) is 24.3 Å². The highest BCUT2D eigenvalue weighted by Gasteiger charge is 2.04. The number of nitro benzene ring substituents is 1. The molecule has 0 spiro atoms. The van der Waals surface area contributed by atoms with Gasteiger partial charge in [0, 0.05) is 6.07 Å². The lowest BCUT2D eigenvalue weighted by molar-refractivity contribution is -0.384. The minimum atomic E-state index is -0.667. The van der Waals surface area contributed by atoms with Crippen LogP contribution in [0.4, 0.5) is 5.69 Å². The van der Waals surface area contributed by atoms with Crippen LogP contribution in [0, 0.1) is 10.1 Å². The van der Waals surface area contributed by atoms with Crippen molar-refractivity contribution in [2.75, 3.05) is 7.11 Å². The summed E-state index contributed by atoms with van der Waals surface area (Å²) >= 11 is 0. The summed E-state index contributed by atoms with van der Waals surface area (Å²) in [5, 5.41) is 18.1. The second-order valence-electron chi connectivity index (χ2n) is 2.70. The van der Waals surface area contributed by atoms with E-state index in [1.54, 1.807) is 12.1 Å². The number of rotatable bonds is 2. The number of aliphatic hydroxyl groups is 1. The minimum absolute atomic E-state index is 0.0457. The number of hydrogen-bond acceptors (Lipinski definition) is 5. The van der Waals surface area contributed by atoms with Crippen molar-refractivity contribution in [1.29, 1.82) is 0 Å². The van der Waals surface area contributed by atoms with Gasteiger partial charge in [0.05, 0.1) is 24.3 Å². The second-order valence-corrected chi connectivity index (χ2v) is 2.70. The average molecular weight is 214 g/mol. The lowest BCUT2D eigenvalue weighted by atomic mass is 10.3. The van der Waals surface area contributed by atoms with E-state index in [0.717, 1.165) is 0 Å². The van der Waals surface area contributed by atoms with Gasteiger partial charge in [-0.3, -0.25) is 10.1 Å². The summed E-state index contributed by atoms with van der Waals surface area (Å²) in [5.41, 5.74) is 4.71. The molecule has 0 amide bonds. The second kappa shape index (κ2) is 6.74. The molecule has 1 atom stereocenters. The maximum absolute atomic E-state index is 10.2. The van der Waals surface area contributed by atoms with Gasteiger partial charge in [-0.25, -0.2) is 0 Å². The molecule has 0 radical (unpaired) electrons. The highest BCUT2D eigenvalue weighted by atomic mass is 16.6. The number of benzene rings is 1. The Morgan fingerprint density at radius 1 is 1.60 bits per heavy atom. The third-order valence-electron chi connectivity index (χ3n) is 1.26. The number of nitrogens with zero attached hydrogens (tertiary/aromatic N) is 1. The van der Waals surface area contributed by atoms with Crippen LogP contribution in [0.5, 0.6) is 5.75 Å². The Hall–Kier alpha value is -1.66. The summed E-state index contributed by atoms with van der Waals surface area (Å²) in [4.78, 5) is 9.76. The SMILES string of the molecule is CC(N)O.COc1cccc([N+](=O)[O-])c1. The summed E-state index contributed by atoms with van der Waals surface area (Å²) in [6.45, 7) is 1.50. The minimum Gasteiger partial charge on any atom is -0.497 e. The summed E-state index contributed by atoms with van der Waals surface area (Å²) in [6, 6.07) is 6.03. The molecule has 0 aliphatic rings. The molecule has 0 saturated heterocycles. The van der Waals surface area contributed by atoms with Crippen molar-refractivity contribution >= 4 is 5.69 Å². The van der Waals surface area contributed by atoms with Crippen LogP contribution in [-0.4, -0.2) is 23.4 Å². The molecule has 0 saturated carbocycles.